The summed E-state index contributed by atoms with van der Waals surface area (Å²) in [6, 6.07) is 15.7. The average Bonchev–Trinajstić information content (AvgIpc) is 3.27. The fourth-order valence-corrected chi connectivity index (χ4v) is 5.10. The summed E-state index contributed by atoms with van der Waals surface area (Å²) in [5.41, 5.74) is 2.04. The molecule has 3 aromatic rings. The summed E-state index contributed by atoms with van der Waals surface area (Å²) in [6.45, 7) is 5.35. The van der Waals surface area contributed by atoms with Crippen LogP contribution in [-0.4, -0.2) is 30.9 Å². The summed E-state index contributed by atoms with van der Waals surface area (Å²) in [5.74, 6) is -1.44. The summed E-state index contributed by atoms with van der Waals surface area (Å²) in [6.07, 6.45) is 1.07. The van der Waals surface area contributed by atoms with Crippen LogP contribution >= 0.6 is 22.9 Å². The fourth-order valence-electron chi connectivity index (χ4n) is 3.73. The number of hydrogen-bond acceptors (Lipinski definition) is 9. The molecule has 0 saturated carbocycles. The third kappa shape index (κ3) is 7.35. The number of ether oxygens (including phenoxy) is 3. The summed E-state index contributed by atoms with van der Waals surface area (Å²) in [5, 5.41) is 19.2. The van der Waals surface area contributed by atoms with E-state index in [1.165, 1.54) is 6.08 Å². The van der Waals surface area contributed by atoms with E-state index in [0.717, 1.165) is 16.9 Å². The molecule has 0 saturated heterocycles. The van der Waals surface area contributed by atoms with Gasteiger partial charge >= 0.3 is 11.9 Å². The van der Waals surface area contributed by atoms with Gasteiger partial charge < -0.3 is 14.2 Å². The van der Waals surface area contributed by atoms with E-state index in [-0.39, 0.29) is 42.3 Å². The van der Waals surface area contributed by atoms with Crippen molar-refractivity contribution in [3.8, 4) is 17.9 Å². The number of nitrogens with zero attached hydrogens (tertiary/aromatic N) is 2. The third-order valence-electron chi connectivity index (χ3n) is 5.65. The van der Waals surface area contributed by atoms with Gasteiger partial charge in [0.25, 0.3) is 0 Å². The first kappa shape index (κ1) is 30.1. The van der Waals surface area contributed by atoms with Crippen molar-refractivity contribution in [2.45, 2.75) is 33.8 Å². The Morgan fingerprint density at radius 2 is 1.68 bits per heavy atom. The predicted octanol–water partition coefficient (Wildman–Crippen LogP) is 6.23. The molecule has 0 N–H and O–H groups in total. The second-order valence-electron chi connectivity index (χ2n) is 8.34. The van der Waals surface area contributed by atoms with Gasteiger partial charge in [0.05, 0.1) is 36.0 Å². The molecule has 0 amide bonds. The molecule has 1 aromatic heterocycles. The van der Waals surface area contributed by atoms with Crippen molar-refractivity contribution in [1.82, 2.24) is 0 Å². The average molecular weight is 577 g/mol. The van der Waals surface area contributed by atoms with Crippen LogP contribution in [0.3, 0.4) is 0 Å². The molecular weight excluding hydrogens is 552 g/mol. The normalized spacial score (nSPS) is 10.8. The lowest BCUT2D eigenvalue weighted by Gasteiger charge is -2.11. The number of carbonyl (C=O) groups is 3. The van der Waals surface area contributed by atoms with Crippen molar-refractivity contribution >= 4 is 46.7 Å². The van der Waals surface area contributed by atoms with Gasteiger partial charge in [-0.25, -0.2) is 9.59 Å². The predicted molar refractivity (Wildman–Crippen MR) is 150 cm³/mol. The summed E-state index contributed by atoms with van der Waals surface area (Å²) in [4.78, 5) is 38.9. The monoisotopic (exact) mass is 576 g/mol. The molecule has 0 bridgehead atoms. The maximum atomic E-state index is 13.3. The molecular formula is C30H25ClN2O6S. The zero-order valence-electron chi connectivity index (χ0n) is 22.1. The van der Waals surface area contributed by atoms with Gasteiger partial charge in [0.1, 0.15) is 23.3 Å². The Kier molecular flexibility index (Phi) is 10.6. The molecule has 0 unspecified atom stereocenters. The van der Waals surface area contributed by atoms with E-state index in [1.54, 1.807) is 63.2 Å². The van der Waals surface area contributed by atoms with Crippen molar-refractivity contribution in [3.05, 3.63) is 90.6 Å². The van der Waals surface area contributed by atoms with Gasteiger partial charge in [-0.3, -0.25) is 4.79 Å². The lowest BCUT2D eigenvalue weighted by molar-refractivity contribution is -0.114. The molecule has 0 atom stereocenters. The largest absolute Gasteiger partial charge is 0.488 e. The molecule has 0 aliphatic heterocycles. The van der Waals surface area contributed by atoms with Crippen LogP contribution in [0, 0.1) is 29.6 Å². The van der Waals surface area contributed by atoms with Crippen LogP contribution in [0.5, 0.6) is 5.75 Å². The summed E-state index contributed by atoms with van der Waals surface area (Å²) >= 11 is 7.15. The van der Waals surface area contributed by atoms with Crippen LogP contribution in [-0.2, 0) is 27.3 Å². The summed E-state index contributed by atoms with van der Waals surface area (Å²) < 4.78 is 16.2. The van der Waals surface area contributed by atoms with Crippen LogP contribution in [0.2, 0.25) is 5.02 Å². The van der Waals surface area contributed by atoms with Gasteiger partial charge in [0.15, 0.2) is 5.78 Å². The number of allylic oxidation sites excluding steroid dienone is 1. The molecule has 0 radical (unpaired) electrons. The number of nitriles is 2. The third-order valence-corrected chi connectivity index (χ3v) is 7.16. The molecule has 8 nitrogen and oxygen atoms in total. The number of ketones is 1. The van der Waals surface area contributed by atoms with Crippen molar-refractivity contribution < 1.29 is 28.6 Å². The van der Waals surface area contributed by atoms with Crippen LogP contribution in [0.15, 0.2) is 48.0 Å². The molecule has 0 aliphatic rings. The lowest BCUT2D eigenvalue weighted by atomic mass is 10.0. The maximum absolute atomic E-state index is 13.3. The van der Waals surface area contributed by atoms with Gasteiger partial charge in [0.2, 0.25) is 0 Å². The van der Waals surface area contributed by atoms with E-state index in [9.17, 15) is 19.6 Å². The number of halogens is 1. The van der Waals surface area contributed by atoms with Crippen LogP contribution in [0.25, 0.3) is 6.08 Å². The molecule has 3 rings (SSSR count). The number of hydrogen-bond donors (Lipinski definition) is 0. The quantitative estimate of drug-likeness (QED) is 0.149. The highest BCUT2D eigenvalue weighted by atomic mass is 35.5. The second kappa shape index (κ2) is 14.1. The lowest BCUT2D eigenvalue weighted by Crippen LogP contribution is -2.12. The van der Waals surface area contributed by atoms with Crippen molar-refractivity contribution in [1.29, 1.82) is 10.5 Å². The molecule has 10 heteroatoms. The van der Waals surface area contributed by atoms with E-state index in [1.807, 2.05) is 6.07 Å². The number of rotatable bonds is 11. The van der Waals surface area contributed by atoms with Crippen LogP contribution in [0.1, 0.15) is 61.0 Å². The molecule has 2 aromatic carbocycles. The van der Waals surface area contributed by atoms with Gasteiger partial charge in [0, 0.05) is 21.9 Å². The van der Waals surface area contributed by atoms with E-state index in [4.69, 9.17) is 31.1 Å². The van der Waals surface area contributed by atoms with Crippen molar-refractivity contribution in [2.75, 3.05) is 13.2 Å². The van der Waals surface area contributed by atoms with Crippen LogP contribution < -0.4 is 4.74 Å². The Morgan fingerprint density at radius 3 is 2.30 bits per heavy atom. The van der Waals surface area contributed by atoms with E-state index in [0.29, 0.717) is 32.3 Å². The highest BCUT2D eigenvalue weighted by molar-refractivity contribution is 7.14. The highest BCUT2D eigenvalue weighted by Gasteiger charge is 2.28. The summed E-state index contributed by atoms with van der Waals surface area (Å²) in [7, 11) is 0. The number of Topliss-reactive ketones (excluding diaryl/α,β-unsaturated/α-hetero) is 1. The molecule has 0 spiro atoms. The fraction of sp³-hybridized carbons (Fsp3) is 0.233. The molecule has 40 heavy (non-hydrogen) atoms. The Labute approximate surface area is 241 Å². The molecule has 0 aliphatic carbocycles. The topological polar surface area (TPSA) is 126 Å². The minimum Gasteiger partial charge on any atom is -0.488 e. The Morgan fingerprint density at radius 1 is 1.00 bits per heavy atom. The Balaban J connectivity index is 1.92. The SMILES string of the molecule is CCOC(=O)c1sc(CC(=O)/C(C#N)=C/c2cc(Cl)ccc2OCc2ccc(C#N)cc2)c(C(=O)OCC)c1C. The van der Waals surface area contributed by atoms with E-state index in [2.05, 4.69) is 6.07 Å². The van der Waals surface area contributed by atoms with E-state index < -0.39 is 17.7 Å². The number of thiophene rings is 1. The zero-order chi connectivity index (χ0) is 29.2. The van der Waals surface area contributed by atoms with Gasteiger partial charge in [-0.15, -0.1) is 11.3 Å². The minimum absolute atomic E-state index is 0.111. The Bertz CT molecular complexity index is 1540. The minimum atomic E-state index is -0.662. The van der Waals surface area contributed by atoms with E-state index >= 15 is 0 Å². The van der Waals surface area contributed by atoms with Gasteiger partial charge in [-0.2, -0.15) is 10.5 Å². The molecule has 204 valence electrons. The molecule has 0 fully saturated rings. The first-order valence-electron chi connectivity index (χ1n) is 12.2. The smallest absolute Gasteiger partial charge is 0.348 e. The van der Waals surface area contributed by atoms with Crippen molar-refractivity contribution in [2.24, 2.45) is 0 Å². The number of esters is 2. The van der Waals surface area contributed by atoms with Crippen LogP contribution in [0.4, 0.5) is 0 Å². The van der Waals surface area contributed by atoms with Gasteiger partial charge in [-0.1, -0.05) is 23.7 Å². The van der Waals surface area contributed by atoms with Crippen molar-refractivity contribution in [3.63, 3.8) is 0 Å². The number of benzene rings is 2. The van der Waals surface area contributed by atoms with Gasteiger partial charge in [-0.05, 0) is 68.3 Å². The molecule has 1 heterocycles. The first-order valence-corrected chi connectivity index (χ1v) is 13.4. The second-order valence-corrected chi connectivity index (χ2v) is 9.89. The number of carbonyl (C=O) groups excluding carboxylic acids is 3. The standard InChI is InChI=1S/C30H25ClN2O6S/c1-4-37-29(35)27-18(3)28(30(36)38-5-2)40-26(27)14-24(34)22(16-33)12-21-13-23(31)10-11-25(21)39-17-20-8-6-19(15-32)7-9-20/h6-13H,4-5,14,17H2,1-3H3/b22-12+. The zero-order valence-corrected chi connectivity index (χ0v) is 23.6. The first-order chi connectivity index (χ1) is 19.2. The Hall–Kier alpha value is -4.44. The highest BCUT2D eigenvalue weighted by Crippen LogP contribution is 2.32. The maximum Gasteiger partial charge on any atom is 0.348 e.